The lowest BCUT2D eigenvalue weighted by Gasteiger charge is -2.19. The summed E-state index contributed by atoms with van der Waals surface area (Å²) in [5, 5.41) is 7.08. The van der Waals surface area contributed by atoms with E-state index in [4.69, 9.17) is 0 Å². The Morgan fingerprint density at radius 1 is 1.12 bits per heavy atom. The predicted molar refractivity (Wildman–Crippen MR) is 90.9 cm³/mol. The molecule has 1 amide bonds. The van der Waals surface area contributed by atoms with Crippen LogP contribution in [0.25, 0.3) is 0 Å². The summed E-state index contributed by atoms with van der Waals surface area (Å²) >= 11 is 0. The first-order chi connectivity index (χ1) is 12.1. The molecule has 0 spiro atoms. The Bertz CT molecular complexity index is 944. The first kappa shape index (κ1) is 16.4. The zero-order valence-corrected chi connectivity index (χ0v) is 13.3. The number of aromatic nitrogens is 4. The van der Waals surface area contributed by atoms with Gasteiger partial charge in [-0.05, 0) is 11.6 Å². The van der Waals surface area contributed by atoms with Crippen LogP contribution in [0.3, 0.4) is 0 Å². The molecule has 0 aliphatic carbocycles. The molecule has 0 aliphatic rings. The highest BCUT2D eigenvalue weighted by molar-refractivity contribution is 5.76. The van der Waals surface area contributed by atoms with Crippen molar-refractivity contribution in [3.05, 3.63) is 87.5 Å². The second-order valence-electron chi connectivity index (χ2n) is 5.50. The molecule has 1 atom stereocenters. The van der Waals surface area contributed by atoms with Crippen molar-refractivity contribution in [3.8, 4) is 0 Å². The highest BCUT2D eigenvalue weighted by Gasteiger charge is 2.16. The SMILES string of the molecule is O=C(Cn1ccc(=O)[nH]c1=O)NC(Cn1cccn1)c1ccccc1. The molecule has 1 unspecified atom stereocenters. The molecule has 0 fully saturated rings. The standard InChI is InChI=1S/C17H17N5O3/c23-15-7-10-21(17(25)20-15)12-16(24)19-14(11-22-9-4-8-18-22)13-5-2-1-3-6-13/h1-10,14H,11-12H2,(H,19,24)(H,20,23,25). The summed E-state index contributed by atoms with van der Waals surface area (Å²) in [6.45, 7) is 0.279. The van der Waals surface area contributed by atoms with Crippen LogP contribution in [0.4, 0.5) is 0 Å². The Balaban J connectivity index is 1.76. The molecule has 25 heavy (non-hydrogen) atoms. The Labute approximate surface area is 142 Å². The summed E-state index contributed by atoms with van der Waals surface area (Å²) in [6.07, 6.45) is 4.78. The van der Waals surface area contributed by atoms with Crippen molar-refractivity contribution in [1.82, 2.24) is 24.6 Å². The van der Waals surface area contributed by atoms with Gasteiger partial charge in [0.2, 0.25) is 5.91 Å². The molecule has 128 valence electrons. The highest BCUT2D eigenvalue weighted by atomic mass is 16.2. The maximum Gasteiger partial charge on any atom is 0.328 e. The van der Waals surface area contributed by atoms with Gasteiger partial charge in [0.1, 0.15) is 6.54 Å². The van der Waals surface area contributed by atoms with Gasteiger partial charge < -0.3 is 5.32 Å². The fourth-order valence-electron chi connectivity index (χ4n) is 2.48. The van der Waals surface area contributed by atoms with Gasteiger partial charge in [-0.1, -0.05) is 30.3 Å². The van der Waals surface area contributed by atoms with E-state index < -0.39 is 11.2 Å². The number of H-pyrrole nitrogens is 1. The number of nitrogens with zero attached hydrogens (tertiary/aromatic N) is 3. The van der Waals surface area contributed by atoms with Gasteiger partial charge >= 0.3 is 5.69 Å². The van der Waals surface area contributed by atoms with Gasteiger partial charge in [-0.15, -0.1) is 0 Å². The van der Waals surface area contributed by atoms with Crippen molar-refractivity contribution < 1.29 is 4.79 Å². The summed E-state index contributed by atoms with van der Waals surface area (Å²) < 4.78 is 2.87. The van der Waals surface area contributed by atoms with Crippen LogP contribution in [-0.2, 0) is 17.9 Å². The van der Waals surface area contributed by atoms with Crippen LogP contribution < -0.4 is 16.6 Å². The molecule has 3 rings (SSSR count). The van der Waals surface area contributed by atoms with Gasteiger partial charge in [-0.25, -0.2) is 4.79 Å². The minimum atomic E-state index is -0.619. The van der Waals surface area contributed by atoms with E-state index in [1.165, 1.54) is 12.3 Å². The Morgan fingerprint density at radius 2 is 1.92 bits per heavy atom. The smallest absolute Gasteiger partial charge is 0.328 e. The third kappa shape index (κ3) is 4.31. The van der Waals surface area contributed by atoms with Crippen molar-refractivity contribution in [3.63, 3.8) is 0 Å². The molecule has 0 aliphatic heterocycles. The van der Waals surface area contributed by atoms with E-state index in [2.05, 4.69) is 15.4 Å². The number of hydrogen-bond donors (Lipinski definition) is 2. The number of benzene rings is 1. The van der Waals surface area contributed by atoms with E-state index in [0.717, 1.165) is 10.1 Å². The van der Waals surface area contributed by atoms with Crippen molar-refractivity contribution in [2.75, 3.05) is 0 Å². The molecule has 2 aromatic heterocycles. The molecular weight excluding hydrogens is 322 g/mol. The summed E-state index contributed by atoms with van der Waals surface area (Å²) in [5.74, 6) is -0.338. The second kappa shape index (κ2) is 7.43. The molecule has 3 aromatic rings. The molecule has 2 N–H and O–H groups in total. The third-order valence-electron chi connectivity index (χ3n) is 3.68. The molecule has 8 nitrogen and oxygen atoms in total. The van der Waals surface area contributed by atoms with Crippen LogP contribution in [0.15, 0.2) is 70.6 Å². The highest BCUT2D eigenvalue weighted by Crippen LogP contribution is 2.14. The third-order valence-corrected chi connectivity index (χ3v) is 3.68. The van der Waals surface area contributed by atoms with E-state index in [1.54, 1.807) is 10.9 Å². The fraction of sp³-hybridized carbons (Fsp3) is 0.176. The lowest BCUT2D eigenvalue weighted by atomic mass is 10.1. The zero-order chi connectivity index (χ0) is 17.6. The van der Waals surface area contributed by atoms with Crippen LogP contribution in [-0.4, -0.2) is 25.2 Å². The number of carbonyl (C=O) groups is 1. The molecule has 1 aromatic carbocycles. The molecular formula is C17H17N5O3. The maximum atomic E-state index is 12.4. The molecule has 0 saturated heterocycles. The Kier molecular flexibility index (Phi) is 4.89. The van der Waals surface area contributed by atoms with Crippen LogP contribution in [0.1, 0.15) is 11.6 Å². The summed E-state index contributed by atoms with van der Waals surface area (Å²) in [7, 11) is 0. The topological polar surface area (TPSA) is 102 Å². The number of amides is 1. The maximum absolute atomic E-state index is 12.4. The van der Waals surface area contributed by atoms with E-state index in [9.17, 15) is 14.4 Å². The number of rotatable bonds is 6. The van der Waals surface area contributed by atoms with Crippen molar-refractivity contribution in [2.45, 2.75) is 19.1 Å². The summed E-state index contributed by atoms with van der Waals surface area (Å²) in [4.78, 5) is 37.3. The number of aromatic amines is 1. The quantitative estimate of drug-likeness (QED) is 0.674. The van der Waals surface area contributed by atoms with Crippen LogP contribution >= 0.6 is 0 Å². The van der Waals surface area contributed by atoms with Crippen LogP contribution in [0.5, 0.6) is 0 Å². The van der Waals surface area contributed by atoms with Gasteiger partial charge in [0.15, 0.2) is 0 Å². The lowest BCUT2D eigenvalue weighted by Crippen LogP contribution is -2.38. The van der Waals surface area contributed by atoms with Crippen LogP contribution in [0, 0.1) is 0 Å². The van der Waals surface area contributed by atoms with Gasteiger partial charge in [0.25, 0.3) is 5.56 Å². The van der Waals surface area contributed by atoms with Crippen molar-refractivity contribution >= 4 is 5.91 Å². The average molecular weight is 339 g/mol. The molecule has 0 radical (unpaired) electrons. The molecule has 0 saturated carbocycles. The zero-order valence-electron chi connectivity index (χ0n) is 13.3. The van der Waals surface area contributed by atoms with E-state index in [-0.39, 0.29) is 18.5 Å². The van der Waals surface area contributed by atoms with Gasteiger partial charge in [0.05, 0.1) is 12.6 Å². The first-order valence-electron chi connectivity index (χ1n) is 7.73. The molecule has 2 heterocycles. The predicted octanol–water partition coefficient (Wildman–Crippen LogP) is 0.291. The van der Waals surface area contributed by atoms with Gasteiger partial charge in [0, 0.05) is 24.7 Å². The van der Waals surface area contributed by atoms with E-state index in [1.807, 2.05) is 42.6 Å². The van der Waals surface area contributed by atoms with Gasteiger partial charge in [-0.3, -0.25) is 23.8 Å². The summed E-state index contributed by atoms with van der Waals surface area (Å²) in [6, 6.07) is 12.2. The lowest BCUT2D eigenvalue weighted by molar-refractivity contribution is -0.122. The molecule has 0 bridgehead atoms. The Hall–Kier alpha value is -3.42. The normalized spacial score (nSPS) is 11.8. The van der Waals surface area contributed by atoms with Crippen molar-refractivity contribution in [2.24, 2.45) is 0 Å². The largest absolute Gasteiger partial charge is 0.346 e. The monoisotopic (exact) mass is 339 g/mol. The second-order valence-corrected chi connectivity index (χ2v) is 5.50. The minimum absolute atomic E-state index is 0.182. The molecule has 8 heteroatoms. The van der Waals surface area contributed by atoms with Gasteiger partial charge in [-0.2, -0.15) is 5.10 Å². The van der Waals surface area contributed by atoms with Crippen LogP contribution in [0.2, 0.25) is 0 Å². The Morgan fingerprint density at radius 3 is 2.60 bits per heavy atom. The fourth-order valence-corrected chi connectivity index (χ4v) is 2.48. The average Bonchev–Trinajstić information content (AvgIpc) is 3.11. The first-order valence-corrected chi connectivity index (χ1v) is 7.73. The van der Waals surface area contributed by atoms with Crippen molar-refractivity contribution in [1.29, 1.82) is 0 Å². The summed E-state index contributed by atoms with van der Waals surface area (Å²) in [5.41, 5.74) is -0.186. The number of carbonyl (C=O) groups excluding carboxylic acids is 1. The van der Waals surface area contributed by atoms with E-state index in [0.29, 0.717) is 6.54 Å². The minimum Gasteiger partial charge on any atom is -0.346 e. The number of hydrogen-bond acceptors (Lipinski definition) is 4. The number of nitrogens with one attached hydrogen (secondary N) is 2. The van der Waals surface area contributed by atoms with E-state index >= 15 is 0 Å².